The summed E-state index contributed by atoms with van der Waals surface area (Å²) in [5.41, 5.74) is 0.184. The highest BCUT2D eigenvalue weighted by Gasteiger charge is 2.30. The number of nitrogens with zero attached hydrogens (tertiary/aromatic N) is 4. The van der Waals surface area contributed by atoms with Crippen LogP contribution in [0.5, 0.6) is 5.75 Å². The highest BCUT2D eigenvalue weighted by atomic mass is 32.2. The van der Waals surface area contributed by atoms with Gasteiger partial charge in [0, 0.05) is 5.69 Å². The van der Waals surface area contributed by atoms with Crippen LogP contribution >= 0.6 is 11.8 Å². The molecule has 3 rings (SSSR count). The molecule has 11 heteroatoms. The second-order valence-corrected chi connectivity index (χ2v) is 6.43. The van der Waals surface area contributed by atoms with E-state index in [2.05, 4.69) is 20.8 Å². The van der Waals surface area contributed by atoms with Gasteiger partial charge in [-0.15, -0.1) is 5.10 Å². The lowest BCUT2D eigenvalue weighted by Crippen LogP contribution is -2.15. The van der Waals surface area contributed by atoms with Gasteiger partial charge in [-0.05, 0) is 59.0 Å². The van der Waals surface area contributed by atoms with E-state index in [9.17, 15) is 18.0 Å². The van der Waals surface area contributed by atoms with Crippen molar-refractivity contribution in [2.75, 3.05) is 18.2 Å². The third-order valence-electron chi connectivity index (χ3n) is 3.59. The molecule has 0 radical (unpaired) electrons. The van der Waals surface area contributed by atoms with Gasteiger partial charge in [0.05, 0.1) is 24.1 Å². The lowest BCUT2D eigenvalue weighted by molar-refractivity contribution is -0.137. The first kappa shape index (κ1) is 19.7. The Hall–Kier alpha value is -3.08. The molecule has 1 aromatic heterocycles. The number of methoxy groups -OCH3 is 1. The number of amides is 1. The maximum atomic E-state index is 12.6. The minimum absolute atomic E-state index is 0.0163. The molecule has 0 saturated carbocycles. The number of ether oxygens (including phenoxy) is 1. The Balaban J connectivity index is 1.60. The third kappa shape index (κ3) is 4.80. The van der Waals surface area contributed by atoms with Crippen LogP contribution in [0.1, 0.15) is 5.56 Å². The highest BCUT2D eigenvalue weighted by Crippen LogP contribution is 2.30. The Labute approximate surface area is 161 Å². The van der Waals surface area contributed by atoms with E-state index in [-0.39, 0.29) is 11.4 Å². The molecule has 3 aromatic rings. The molecule has 0 saturated heterocycles. The van der Waals surface area contributed by atoms with Crippen molar-refractivity contribution < 1.29 is 22.7 Å². The van der Waals surface area contributed by atoms with E-state index in [1.165, 1.54) is 16.8 Å². The van der Waals surface area contributed by atoms with Gasteiger partial charge in [0.25, 0.3) is 0 Å². The van der Waals surface area contributed by atoms with Gasteiger partial charge in [0.2, 0.25) is 11.1 Å². The summed E-state index contributed by atoms with van der Waals surface area (Å²) in [4.78, 5) is 12.1. The first-order valence-corrected chi connectivity index (χ1v) is 8.88. The number of hydrogen-bond acceptors (Lipinski definition) is 6. The number of carbonyl (C=O) groups excluding carboxylic acids is 1. The fraction of sp³-hybridized carbons (Fsp3) is 0.176. The van der Waals surface area contributed by atoms with E-state index in [0.29, 0.717) is 16.6 Å². The van der Waals surface area contributed by atoms with Gasteiger partial charge < -0.3 is 10.1 Å². The summed E-state index contributed by atoms with van der Waals surface area (Å²) in [6.45, 7) is 0. The quantitative estimate of drug-likeness (QED) is 0.629. The summed E-state index contributed by atoms with van der Waals surface area (Å²) in [5.74, 6) is 0.272. The van der Waals surface area contributed by atoms with Crippen molar-refractivity contribution in [2.24, 2.45) is 0 Å². The zero-order valence-electron chi connectivity index (χ0n) is 14.5. The average molecular weight is 409 g/mol. The number of aromatic nitrogens is 4. The van der Waals surface area contributed by atoms with Crippen molar-refractivity contribution in [2.45, 2.75) is 11.3 Å². The summed E-state index contributed by atoms with van der Waals surface area (Å²) in [5, 5.41) is 14.3. The van der Waals surface area contributed by atoms with Crippen LogP contribution < -0.4 is 10.1 Å². The van der Waals surface area contributed by atoms with Crippen LogP contribution in [-0.4, -0.2) is 39.0 Å². The Morgan fingerprint density at radius 2 is 1.82 bits per heavy atom. The Kier molecular flexibility index (Phi) is 5.83. The van der Waals surface area contributed by atoms with Crippen molar-refractivity contribution in [3.05, 3.63) is 54.1 Å². The zero-order chi connectivity index (χ0) is 20.1. The number of rotatable bonds is 6. The molecular formula is C17H14F3N5O2S. The number of thioether (sulfide) groups is 1. The maximum absolute atomic E-state index is 12.6. The van der Waals surface area contributed by atoms with Gasteiger partial charge in [-0.3, -0.25) is 4.79 Å². The molecule has 1 heterocycles. The molecule has 0 unspecified atom stereocenters. The SMILES string of the molecule is COc1ccc(-n2nnnc2SCC(=O)Nc2ccc(C(F)(F)F)cc2)cc1. The Bertz CT molecular complexity index is 943. The summed E-state index contributed by atoms with van der Waals surface area (Å²) in [6, 6.07) is 11.3. The topological polar surface area (TPSA) is 81.9 Å². The lowest BCUT2D eigenvalue weighted by atomic mass is 10.2. The predicted octanol–water partition coefficient (Wildman–Crippen LogP) is 3.42. The molecule has 0 atom stereocenters. The standard InChI is InChI=1S/C17H14F3N5O2S/c1-27-14-8-6-13(7-9-14)25-16(22-23-24-25)28-10-15(26)21-12-4-2-11(3-5-12)17(18,19)20/h2-9H,10H2,1H3,(H,21,26). The molecule has 1 amide bonds. The van der Waals surface area contributed by atoms with Gasteiger partial charge in [-0.2, -0.15) is 17.9 Å². The minimum Gasteiger partial charge on any atom is -0.497 e. The molecular weight excluding hydrogens is 395 g/mol. The molecule has 0 aliphatic carbocycles. The van der Waals surface area contributed by atoms with E-state index < -0.39 is 17.6 Å². The summed E-state index contributed by atoms with van der Waals surface area (Å²) in [6.07, 6.45) is -4.42. The van der Waals surface area contributed by atoms with E-state index in [1.807, 2.05) is 0 Å². The normalized spacial score (nSPS) is 11.3. The number of tetrazole rings is 1. The van der Waals surface area contributed by atoms with Crippen molar-refractivity contribution in [1.29, 1.82) is 0 Å². The van der Waals surface area contributed by atoms with E-state index in [4.69, 9.17) is 4.74 Å². The first-order valence-electron chi connectivity index (χ1n) is 7.89. The molecule has 1 N–H and O–H groups in total. The van der Waals surface area contributed by atoms with Gasteiger partial charge >= 0.3 is 6.18 Å². The fourth-order valence-electron chi connectivity index (χ4n) is 2.22. The van der Waals surface area contributed by atoms with Crippen LogP contribution in [0.15, 0.2) is 53.7 Å². The molecule has 146 valence electrons. The number of hydrogen-bond donors (Lipinski definition) is 1. The minimum atomic E-state index is -4.42. The highest BCUT2D eigenvalue weighted by molar-refractivity contribution is 7.99. The van der Waals surface area contributed by atoms with Gasteiger partial charge in [-0.25, -0.2) is 0 Å². The van der Waals surface area contributed by atoms with Crippen molar-refractivity contribution >= 4 is 23.4 Å². The van der Waals surface area contributed by atoms with Crippen LogP contribution in [0.3, 0.4) is 0 Å². The largest absolute Gasteiger partial charge is 0.497 e. The van der Waals surface area contributed by atoms with Crippen molar-refractivity contribution in [3.63, 3.8) is 0 Å². The maximum Gasteiger partial charge on any atom is 0.416 e. The van der Waals surface area contributed by atoms with Crippen LogP contribution in [0.25, 0.3) is 5.69 Å². The van der Waals surface area contributed by atoms with E-state index in [1.54, 1.807) is 31.4 Å². The monoisotopic (exact) mass is 409 g/mol. The third-order valence-corrected chi connectivity index (χ3v) is 4.51. The van der Waals surface area contributed by atoms with Crippen molar-refractivity contribution in [1.82, 2.24) is 20.2 Å². The predicted molar refractivity (Wildman–Crippen MR) is 96.5 cm³/mol. The second kappa shape index (κ2) is 8.30. The second-order valence-electron chi connectivity index (χ2n) is 5.48. The summed E-state index contributed by atoms with van der Waals surface area (Å²) < 4.78 is 44.2. The smallest absolute Gasteiger partial charge is 0.416 e. The van der Waals surface area contributed by atoms with Crippen LogP contribution in [0, 0.1) is 0 Å². The van der Waals surface area contributed by atoms with Gasteiger partial charge in [-0.1, -0.05) is 11.8 Å². The molecule has 0 aliphatic rings. The number of halogens is 3. The first-order chi connectivity index (χ1) is 13.4. The summed E-state index contributed by atoms with van der Waals surface area (Å²) in [7, 11) is 1.56. The van der Waals surface area contributed by atoms with Crippen LogP contribution in [-0.2, 0) is 11.0 Å². The average Bonchev–Trinajstić information content (AvgIpc) is 3.15. The van der Waals surface area contributed by atoms with Crippen LogP contribution in [0.4, 0.5) is 18.9 Å². The number of benzene rings is 2. The van der Waals surface area contributed by atoms with Crippen molar-refractivity contribution in [3.8, 4) is 11.4 Å². The van der Waals surface area contributed by atoms with Gasteiger partial charge in [0.15, 0.2) is 0 Å². The molecule has 0 fully saturated rings. The Morgan fingerprint density at radius 3 is 2.43 bits per heavy atom. The molecule has 2 aromatic carbocycles. The number of anilines is 1. The summed E-state index contributed by atoms with van der Waals surface area (Å²) >= 11 is 1.10. The fourth-order valence-corrected chi connectivity index (χ4v) is 2.91. The molecule has 7 nitrogen and oxygen atoms in total. The molecule has 28 heavy (non-hydrogen) atoms. The number of nitrogens with one attached hydrogen (secondary N) is 1. The molecule has 0 spiro atoms. The van der Waals surface area contributed by atoms with E-state index >= 15 is 0 Å². The van der Waals surface area contributed by atoms with Crippen LogP contribution in [0.2, 0.25) is 0 Å². The number of alkyl halides is 3. The zero-order valence-corrected chi connectivity index (χ0v) is 15.3. The Morgan fingerprint density at radius 1 is 1.14 bits per heavy atom. The lowest BCUT2D eigenvalue weighted by Gasteiger charge is -2.09. The molecule has 0 bridgehead atoms. The molecule has 0 aliphatic heterocycles. The van der Waals surface area contributed by atoms with E-state index in [0.717, 1.165) is 23.9 Å². The number of carbonyl (C=O) groups is 1. The van der Waals surface area contributed by atoms with Gasteiger partial charge in [0.1, 0.15) is 5.75 Å².